The maximum absolute atomic E-state index is 14.2. The van der Waals surface area contributed by atoms with Crippen molar-refractivity contribution in [2.24, 2.45) is 11.5 Å². The minimum atomic E-state index is -4.34. The summed E-state index contributed by atoms with van der Waals surface area (Å²) in [5.41, 5.74) is 13.2. The number of ketones is 1. The fourth-order valence-corrected chi connectivity index (χ4v) is 7.06. The fraction of sp³-hybridized carbons (Fsp3) is 0.429. The van der Waals surface area contributed by atoms with Crippen LogP contribution in [0, 0.1) is 5.41 Å². The number of likely N-dealkylation sites (N-methyl/N-ethyl adjacent to an activating group) is 1. The third-order valence-electron chi connectivity index (χ3n) is 7.45. The Morgan fingerprint density at radius 1 is 1.23 bits per heavy atom. The van der Waals surface area contributed by atoms with E-state index in [1.54, 1.807) is 38.1 Å². The van der Waals surface area contributed by atoms with E-state index in [1.165, 1.54) is 18.3 Å². The Morgan fingerprint density at radius 3 is 2.67 bits per heavy atom. The molecular weight excluding hydrogens is 532 g/mol. The molecule has 5 N–H and O–H groups in total. The van der Waals surface area contributed by atoms with E-state index in [2.05, 4.69) is 9.88 Å². The molecule has 0 spiro atoms. The molecule has 1 aromatic carbocycles. The number of sulfonamides is 1. The summed E-state index contributed by atoms with van der Waals surface area (Å²) in [6.07, 6.45) is 3.74. The van der Waals surface area contributed by atoms with Gasteiger partial charge in [-0.2, -0.15) is 4.31 Å². The normalized spacial score (nSPS) is 20.8. The van der Waals surface area contributed by atoms with E-state index in [4.69, 9.17) is 21.6 Å². The first-order valence-corrected chi connectivity index (χ1v) is 14.6. The zero-order valence-corrected chi connectivity index (χ0v) is 23.8. The Labute approximate surface area is 234 Å². The number of Topliss-reactive ketones (excluding diaryl/α,β-unsaturated/α-hetero) is 1. The van der Waals surface area contributed by atoms with Crippen molar-refractivity contribution in [3.8, 4) is 0 Å². The Morgan fingerprint density at radius 2 is 1.98 bits per heavy atom. The number of benzene rings is 1. The molecule has 0 aliphatic carbocycles. The lowest BCUT2D eigenvalue weighted by Crippen LogP contribution is -2.67. The van der Waals surface area contributed by atoms with Gasteiger partial charge in [0, 0.05) is 32.3 Å². The number of ether oxygens (including phenoxy) is 1. The van der Waals surface area contributed by atoms with Crippen LogP contribution in [0.1, 0.15) is 42.7 Å². The molecule has 2 aliphatic rings. The van der Waals surface area contributed by atoms with E-state index >= 15 is 0 Å². The molecule has 0 saturated heterocycles. The molecular formula is C28H36N6O5S. The lowest BCUT2D eigenvalue weighted by atomic mass is 9.80. The topological polar surface area (TPSA) is 173 Å². The molecule has 3 heterocycles. The van der Waals surface area contributed by atoms with Gasteiger partial charge in [0.2, 0.25) is 10.0 Å². The second-order valence-electron chi connectivity index (χ2n) is 10.4. The van der Waals surface area contributed by atoms with Gasteiger partial charge in [0.1, 0.15) is 11.5 Å². The largest absolute Gasteiger partial charge is 0.464 e. The molecule has 2 aliphatic heterocycles. The number of hydrogen-bond donors (Lipinski definition) is 3. The quantitative estimate of drug-likeness (QED) is 0.132. The molecule has 11 nitrogen and oxygen atoms in total. The van der Waals surface area contributed by atoms with Gasteiger partial charge < -0.3 is 21.1 Å². The number of rotatable bonds is 9. The minimum Gasteiger partial charge on any atom is -0.464 e. The van der Waals surface area contributed by atoms with Crippen molar-refractivity contribution in [2.45, 2.75) is 56.1 Å². The molecule has 2 aromatic rings. The van der Waals surface area contributed by atoms with Gasteiger partial charge in [-0.25, -0.2) is 13.2 Å². The van der Waals surface area contributed by atoms with Gasteiger partial charge >= 0.3 is 5.97 Å². The molecule has 12 heteroatoms. The van der Waals surface area contributed by atoms with E-state index in [-0.39, 0.29) is 42.4 Å². The molecule has 0 bridgehead atoms. The van der Waals surface area contributed by atoms with E-state index in [0.717, 1.165) is 28.4 Å². The van der Waals surface area contributed by atoms with Crippen LogP contribution in [-0.4, -0.2) is 78.5 Å². The highest BCUT2D eigenvalue weighted by Crippen LogP contribution is 2.37. The second-order valence-corrected chi connectivity index (χ2v) is 12.3. The number of esters is 1. The SMILES string of the molecule is CCOC(=O)[C@]1(C(=O)C(N)Cc2ccnc(C(=N)N)c2)CC(C)=CCN1S(=O)(=O)c1ccc2c(c1)CN(C)CC2. The number of carbonyl (C=O) groups excluding carboxylic acids is 2. The Bertz CT molecular complexity index is 1470. The van der Waals surface area contributed by atoms with Crippen molar-refractivity contribution in [2.75, 3.05) is 26.7 Å². The van der Waals surface area contributed by atoms with Crippen LogP contribution in [0.3, 0.4) is 0 Å². The monoisotopic (exact) mass is 568 g/mol. The van der Waals surface area contributed by atoms with Gasteiger partial charge in [0.05, 0.1) is 17.5 Å². The van der Waals surface area contributed by atoms with Crippen LogP contribution in [0.25, 0.3) is 0 Å². The summed E-state index contributed by atoms with van der Waals surface area (Å²) in [6.45, 7) is 4.58. The number of nitrogens with zero attached hydrogens (tertiary/aromatic N) is 3. The zero-order valence-electron chi connectivity index (χ0n) is 23.0. The number of amidine groups is 1. The first-order valence-electron chi connectivity index (χ1n) is 13.2. The van der Waals surface area contributed by atoms with E-state index in [0.29, 0.717) is 17.7 Å². The van der Waals surface area contributed by atoms with Crippen LogP contribution in [-0.2, 0) is 43.7 Å². The lowest BCUT2D eigenvalue weighted by molar-refractivity contribution is -0.160. The number of nitrogen functional groups attached to an aromatic ring is 1. The number of carbonyl (C=O) groups is 2. The van der Waals surface area contributed by atoms with Gasteiger partial charge in [-0.15, -0.1) is 0 Å². The van der Waals surface area contributed by atoms with Crippen molar-refractivity contribution in [3.05, 3.63) is 70.6 Å². The number of nitrogens with two attached hydrogens (primary N) is 2. The molecule has 4 rings (SSSR count). The molecule has 40 heavy (non-hydrogen) atoms. The highest BCUT2D eigenvalue weighted by Gasteiger charge is 2.58. The summed E-state index contributed by atoms with van der Waals surface area (Å²) in [5.74, 6) is -1.96. The fourth-order valence-electron chi connectivity index (χ4n) is 5.36. The third-order valence-corrected chi connectivity index (χ3v) is 9.34. The molecule has 0 amide bonds. The molecule has 0 radical (unpaired) electrons. The molecule has 1 unspecified atom stereocenters. The summed E-state index contributed by atoms with van der Waals surface area (Å²) >= 11 is 0. The Kier molecular flexibility index (Phi) is 8.55. The van der Waals surface area contributed by atoms with E-state index in [1.807, 2.05) is 7.05 Å². The van der Waals surface area contributed by atoms with Crippen molar-refractivity contribution in [3.63, 3.8) is 0 Å². The molecule has 2 atom stereocenters. The first-order chi connectivity index (χ1) is 18.9. The number of nitrogens with one attached hydrogen (secondary N) is 1. The predicted molar refractivity (Wildman–Crippen MR) is 150 cm³/mol. The van der Waals surface area contributed by atoms with Crippen LogP contribution in [0.4, 0.5) is 0 Å². The van der Waals surface area contributed by atoms with Crippen LogP contribution >= 0.6 is 0 Å². The van der Waals surface area contributed by atoms with Crippen molar-refractivity contribution >= 4 is 27.6 Å². The average Bonchev–Trinajstić information content (AvgIpc) is 2.92. The smallest absolute Gasteiger partial charge is 0.335 e. The first kappa shape index (κ1) is 29.5. The number of pyridine rings is 1. The van der Waals surface area contributed by atoms with Crippen LogP contribution in [0.15, 0.2) is 53.1 Å². The van der Waals surface area contributed by atoms with Crippen molar-refractivity contribution in [1.29, 1.82) is 5.41 Å². The van der Waals surface area contributed by atoms with Crippen molar-refractivity contribution in [1.82, 2.24) is 14.2 Å². The number of fused-ring (bicyclic) bond motifs is 1. The summed E-state index contributed by atoms with van der Waals surface area (Å²) in [7, 11) is -2.37. The summed E-state index contributed by atoms with van der Waals surface area (Å²) < 4.78 is 34.8. The molecule has 1 aromatic heterocycles. The number of aromatic nitrogens is 1. The highest BCUT2D eigenvalue weighted by atomic mass is 32.2. The maximum Gasteiger partial charge on any atom is 0.335 e. The molecule has 214 valence electrons. The molecule has 0 saturated carbocycles. The lowest BCUT2D eigenvalue weighted by Gasteiger charge is -2.43. The van der Waals surface area contributed by atoms with Crippen LogP contribution < -0.4 is 11.5 Å². The minimum absolute atomic E-state index is 0.00443. The standard InChI is InChI=1S/C28H36N6O5S/c1-4-39-27(36)28(25(35)23(29)13-19-7-10-32-24(14-19)26(30)31)16-18(2)8-12-34(28)40(37,38)22-6-5-20-9-11-33(3)17-21(20)15-22/h5-8,10,14-15,23H,4,9,11-13,16-17,29H2,1-3H3,(H3,30,31)/t23?,28-/m1/s1. The maximum atomic E-state index is 14.2. The van der Waals surface area contributed by atoms with Crippen LogP contribution in [0.5, 0.6) is 0 Å². The van der Waals surface area contributed by atoms with Crippen molar-refractivity contribution < 1.29 is 22.7 Å². The van der Waals surface area contributed by atoms with Crippen LogP contribution in [0.2, 0.25) is 0 Å². The number of hydrogen-bond acceptors (Lipinski definition) is 9. The summed E-state index contributed by atoms with van der Waals surface area (Å²) in [6, 6.07) is 6.87. The molecule has 0 fully saturated rings. The van der Waals surface area contributed by atoms with Gasteiger partial charge in [-0.3, -0.25) is 15.2 Å². The van der Waals surface area contributed by atoms with E-state index in [9.17, 15) is 18.0 Å². The van der Waals surface area contributed by atoms with Gasteiger partial charge in [-0.05, 0) is 74.7 Å². The van der Waals surface area contributed by atoms with Gasteiger partial charge in [0.15, 0.2) is 11.3 Å². The Hall–Kier alpha value is -3.45. The van der Waals surface area contributed by atoms with E-state index < -0.39 is 33.4 Å². The predicted octanol–water partition coefficient (Wildman–Crippen LogP) is 1.14. The van der Waals surface area contributed by atoms with Gasteiger partial charge in [0.25, 0.3) is 0 Å². The zero-order chi connectivity index (χ0) is 29.2. The summed E-state index contributed by atoms with van der Waals surface area (Å²) in [5, 5.41) is 7.63. The third kappa shape index (κ3) is 5.57. The average molecular weight is 569 g/mol. The summed E-state index contributed by atoms with van der Waals surface area (Å²) in [4.78, 5) is 34.0. The van der Waals surface area contributed by atoms with Gasteiger partial charge in [-0.1, -0.05) is 17.7 Å². The highest BCUT2D eigenvalue weighted by molar-refractivity contribution is 7.89. The Balaban J connectivity index is 1.78. The second kappa shape index (κ2) is 11.6.